The van der Waals surface area contributed by atoms with Gasteiger partial charge < -0.3 is 19.2 Å². The van der Waals surface area contributed by atoms with Crippen LogP contribution in [0.5, 0.6) is 5.75 Å². The average molecular weight is 301 g/mol. The van der Waals surface area contributed by atoms with Gasteiger partial charge in [0.2, 0.25) is 11.7 Å². The number of nitrogens with one attached hydrogen (secondary N) is 1. The Morgan fingerprint density at radius 3 is 2.82 bits per heavy atom. The molecule has 0 radical (unpaired) electrons. The first-order valence-corrected chi connectivity index (χ1v) is 6.87. The van der Waals surface area contributed by atoms with Gasteiger partial charge in [-0.3, -0.25) is 4.79 Å². The largest absolute Gasteiger partial charge is 0.493 e. The second kappa shape index (κ2) is 5.22. The monoisotopic (exact) mass is 301 g/mol. The van der Waals surface area contributed by atoms with Crippen LogP contribution in [0.3, 0.4) is 0 Å². The minimum absolute atomic E-state index is 0.0287. The van der Waals surface area contributed by atoms with E-state index in [1.54, 1.807) is 13.0 Å². The van der Waals surface area contributed by atoms with E-state index in [9.17, 15) is 9.59 Å². The van der Waals surface area contributed by atoms with Gasteiger partial charge >= 0.3 is 5.97 Å². The topological polar surface area (TPSA) is 77.8 Å². The lowest BCUT2D eigenvalue weighted by molar-refractivity contribution is -0.111. The van der Waals surface area contributed by atoms with Crippen molar-refractivity contribution in [3.05, 3.63) is 29.5 Å². The molecule has 6 heteroatoms. The number of allylic oxidation sites excluding steroid dienone is 1. The molecule has 0 atom stereocenters. The van der Waals surface area contributed by atoms with E-state index < -0.39 is 5.97 Å². The molecule has 1 aliphatic rings. The molecule has 2 heterocycles. The van der Waals surface area contributed by atoms with Crippen LogP contribution >= 0.6 is 0 Å². The summed E-state index contributed by atoms with van der Waals surface area (Å²) < 4.78 is 15.9. The summed E-state index contributed by atoms with van der Waals surface area (Å²) in [7, 11) is 1.52. The summed E-state index contributed by atoms with van der Waals surface area (Å²) >= 11 is 0. The molecule has 1 amide bonds. The molecule has 1 aliphatic heterocycles. The van der Waals surface area contributed by atoms with Crippen molar-refractivity contribution in [1.29, 1.82) is 0 Å². The van der Waals surface area contributed by atoms with E-state index in [-0.39, 0.29) is 18.3 Å². The van der Waals surface area contributed by atoms with E-state index in [2.05, 4.69) is 5.32 Å². The third-order valence-electron chi connectivity index (χ3n) is 3.50. The van der Waals surface area contributed by atoms with Gasteiger partial charge in [0.1, 0.15) is 5.69 Å². The summed E-state index contributed by atoms with van der Waals surface area (Å²) in [5, 5.41) is 3.33. The average Bonchev–Trinajstić information content (AvgIpc) is 2.79. The Hall–Kier alpha value is -2.76. The van der Waals surface area contributed by atoms with Crippen molar-refractivity contribution >= 4 is 34.1 Å². The number of carbonyl (C=O) groups is 2. The Morgan fingerprint density at radius 1 is 1.36 bits per heavy atom. The Labute approximate surface area is 126 Å². The maximum atomic E-state index is 12.1. The smallest absolute Gasteiger partial charge is 0.376 e. The lowest BCUT2D eigenvalue weighted by atomic mass is 10.0. The van der Waals surface area contributed by atoms with Crippen molar-refractivity contribution in [1.82, 2.24) is 0 Å². The fourth-order valence-corrected chi connectivity index (χ4v) is 2.56. The van der Waals surface area contributed by atoms with Crippen molar-refractivity contribution in [2.75, 3.05) is 19.0 Å². The van der Waals surface area contributed by atoms with Gasteiger partial charge in [-0.05, 0) is 31.1 Å². The zero-order valence-electron chi connectivity index (χ0n) is 12.5. The summed E-state index contributed by atoms with van der Waals surface area (Å²) in [6.45, 7) is 3.74. The lowest BCUT2D eigenvalue weighted by Gasteiger charge is -2.05. The van der Waals surface area contributed by atoms with Crippen LogP contribution in [0.25, 0.3) is 16.5 Å². The highest BCUT2D eigenvalue weighted by molar-refractivity contribution is 6.19. The minimum atomic E-state index is -0.624. The van der Waals surface area contributed by atoms with Gasteiger partial charge in [0.15, 0.2) is 11.3 Å². The van der Waals surface area contributed by atoms with Crippen molar-refractivity contribution < 1.29 is 23.5 Å². The zero-order valence-corrected chi connectivity index (χ0v) is 12.5. The highest BCUT2D eigenvalue weighted by Gasteiger charge is 2.28. The molecule has 22 heavy (non-hydrogen) atoms. The van der Waals surface area contributed by atoms with Gasteiger partial charge in [-0.1, -0.05) is 6.07 Å². The van der Waals surface area contributed by atoms with Crippen LogP contribution in [0.1, 0.15) is 30.0 Å². The fourth-order valence-electron chi connectivity index (χ4n) is 2.56. The minimum Gasteiger partial charge on any atom is -0.493 e. The number of ether oxygens (including phenoxy) is 2. The van der Waals surface area contributed by atoms with E-state index in [4.69, 9.17) is 13.9 Å². The summed E-state index contributed by atoms with van der Waals surface area (Å²) in [5.74, 6) is -0.485. The maximum absolute atomic E-state index is 12.1. The van der Waals surface area contributed by atoms with Gasteiger partial charge in [0.25, 0.3) is 0 Å². The molecule has 0 unspecified atom stereocenters. The Bertz CT molecular complexity index is 816. The number of benzene rings is 1. The summed E-state index contributed by atoms with van der Waals surface area (Å²) in [6.07, 6.45) is 1.48. The van der Waals surface area contributed by atoms with E-state index in [0.29, 0.717) is 22.4 Å². The van der Waals surface area contributed by atoms with E-state index in [0.717, 1.165) is 11.1 Å². The number of anilines is 1. The zero-order chi connectivity index (χ0) is 15.9. The van der Waals surface area contributed by atoms with Crippen molar-refractivity contribution in [2.24, 2.45) is 0 Å². The first-order chi connectivity index (χ1) is 10.6. The number of furan rings is 1. The van der Waals surface area contributed by atoms with Crippen molar-refractivity contribution in [2.45, 2.75) is 13.8 Å². The molecule has 114 valence electrons. The number of esters is 1. The SMILES string of the molecule is CCOC(=O)c1oc2c(OC)ccc3c2c1NC(=O)C=C3C. The number of methoxy groups -OCH3 is 1. The molecule has 1 aromatic carbocycles. The van der Waals surface area contributed by atoms with Crippen LogP contribution in [0, 0.1) is 0 Å². The molecule has 0 aliphatic carbocycles. The predicted octanol–water partition coefficient (Wildman–Crippen LogP) is 2.97. The fraction of sp³-hybridized carbons (Fsp3) is 0.250. The second-order valence-electron chi connectivity index (χ2n) is 4.86. The summed E-state index contributed by atoms with van der Waals surface area (Å²) in [5.41, 5.74) is 2.32. The molecular formula is C16H15NO5. The van der Waals surface area contributed by atoms with Crippen LogP contribution in [0.4, 0.5) is 5.69 Å². The highest BCUT2D eigenvalue weighted by atomic mass is 16.5. The van der Waals surface area contributed by atoms with E-state index in [1.165, 1.54) is 13.2 Å². The Balaban J connectivity index is 2.36. The van der Waals surface area contributed by atoms with Crippen molar-refractivity contribution in [3.8, 4) is 5.75 Å². The molecular weight excluding hydrogens is 286 g/mol. The number of rotatable bonds is 3. The molecule has 0 saturated heterocycles. The van der Waals surface area contributed by atoms with Gasteiger partial charge in [-0.25, -0.2) is 4.79 Å². The first kappa shape index (κ1) is 14.2. The van der Waals surface area contributed by atoms with E-state index in [1.807, 2.05) is 13.0 Å². The number of hydrogen-bond donors (Lipinski definition) is 1. The van der Waals surface area contributed by atoms with Crippen LogP contribution in [-0.4, -0.2) is 25.6 Å². The van der Waals surface area contributed by atoms with E-state index >= 15 is 0 Å². The van der Waals surface area contributed by atoms with Crippen molar-refractivity contribution in [3.63, 3.8) is 0 Å². The standard InChI is InChI=1S/C16H15NO5/c1-4-21-16(19)15-13-12-9(8(2)7-11(18)17-13)5-6-10(20-3)14(12)22-15/h5-7H,4H2,1-3H3,(H,17,18). The molecule has 0 fully saturated rings. The molecule has 1 aromatic heterocycles. The van der Waals surface area contributed by atoms with Crippen LogP contribution in [0.2, 0.25) is 0 Å². The third-order valence-corrected chi connectivity index (χ3v) is 3.50. The highest BCUT2D eigenvalue weighted by Crippen LogP contribution is 2.42. The lowest BCUT2D eigenvalue weighted by Crippen LogP contribution is -2.11. The number of hydrogen-bond acceptors (Lipinski definition) is 5. The number of carbonyl (C=O) groups excluding carboxylic acids is 2. The molecule has 6 nitrogen and oxygen atoms in total. The Kier molecular flexibility index (Phi) is 3.36. The molecule has 2 aromatic rings. The molecule has 0 bridgehead atoms. The van der Waals surface area contributed by atoms with Gasteiger partial charge in [0, 0.05) is 6.08 Å². The normalized spacial score (nSPS) is 13.4. The van der Waals surface area contributed by atoms with Gasteiger partial charge in [-0.15, -0.1) is 0 Å². The first-order valence-electron chi connectivity index (χ1n) is 6.87. The molecule has 0 spiro atoms. The molecule has 3 rings (SSSR count). The summed E-state index contributed by atoms with van der Waals surface area (Å²) in [6, 6.07) is 3.58. The maximum Gasteiger partial charge on any atom is 0.376 e. The van der Waals surface area contributed by atoms with Crippen LogP contribution in [0.15, 0.2) is 22.6 Å². The third kappa shape index (κ3) is 2.04. The Morgan fingerprint density at radius 2 is 2.14 bits per heavy atom. The van der Waals surface area contributed by atoms with Crippen LogP contribution in [-0.2, 0) is 9.53 Å². The summed E-state index contributed by atoms with van der Waals surface area (Å²) in [4.78, 5) is 24.1. The quantitative estimate of drug-likeness (QED) is 0.882. The molecule has 0 saturated carbocycles. The van der Waals surface area contributed by atoms with Gasteiger partial charge in [-0.2, -0.15) is 0 Å². The van der Waals surface area contributed by atoms with Gasteiger partial charge in [0.05, 0.1) is 19.1 Å². The molecule has 1 N–H and O–H groups in total. The van der Waals surface area contributed by atoms with Crippen LogP contribution < -0.4 is 10.1 Å². The second-order valence-corrected chi connectivity index (χ2v) is 4.86. The number of amides is 1. The predicted molar refractivity (Wildman–Crippen MR) is 81.0 cm³/mol.